The Morgan fingerprint density at radius 1 is 1.25 bits per heavy atom. The summed E-state index contributed by atoms with van der Waals surface area (Å²) in [4.78, 5) is 13.6. The maximum atomic E-state index is 12.2. The van der Waals surface area contributed by atoms with Gasteiger partial charge in [0.15, 0.2) is 0 Å². The fourth-order valence-corrected chi connectivity index (χ4v) is 3.23. The molecule has 1 aliphatic carbocycles. The average molecular weight is 327 g/mol. The van der Waals surface area contributed by atoms with Crippen LogP contribution in [0, 0.1) is 5.92 Å². The lowest BCUT2D eigenvalue weighted by atomic mass is 9.86. The molecule has 1 saturated carbocycles. The van der Waals surface area contributed by atoms with Gasteiger partial charge in [-0.1, -0.05) is 51.0 Å². The van der Waals surface area contributed by atoms with Gasteiger partial charge in [-0.2, -0.15) is 4.80 Å². The van der Waals surface area contributed by atoms with Crippen molar-refractivity contribution in [3.8, 4) is 11.4 Å². The van der Waals surface area contributed by atoms with Crippen molar-refractivity contribution >= 4 is 5.91 Å². The summed E-state index contributed by atoms with van der Waals surface area (Å²) in [5, 5.41) is 15.5. The van der Waals surface area contributed by atoms with Crippen LogP contribution in [0.15, 0.2) is 24.3 Å². The molecule has 24 heavy (non-hydrogen) atoms. The number of hydrogen-bond donors (Lipinski definition) is 1. The number of carbonyl (C=O) groups excluding carboxylic acids is 1. The Hall–Kier alpha value is -2.24. The number of carbonyl (C=O) groups is 1. The number of hydrogen-bond acceptors (Lipinski definition) is 4. The second-order valence-corrected chi connectivity index (χ2v) is 6.63. The number of aromatic nitrogens is 4. The topological polar surface area (TPSA) is 72.7 Å². The van der Waals surface area contributed by atoms with Crippen LogP contribution >= 0.6 is 0 Å². The summed E-state index contributed by atoms with van der Waals surface area (Å²) < 4.78 is 0. The van der Waals surface area contributed by atoms with Crippen LogP contribution in [0.25, 0.3) is 11.4 Å². The van der Waals surface area contributed by atoms with E-state index in [0.29, 0.717) is 11.7 Å². The van der Waals surface area contributed by atoms with Crippen molar-refractivity contribution in [3.05, 3.63) is 29.8 Å². The molecule has 2 atom stereocenters. The van der Waals surface area contributed by atoms with Gasteiger partial charge in [-0.05, 0) is 36.0 Å². The second-order valence-electron chi connectivity index (χ2n) is 6.63. The average Bonchev–Trinajstić information content (AvgIpc) is 3.05. The molecular formula is C18H25N5O. The summed E-state index contributed by atoms with van der Waals surface area (Å²) in [6.07, 6.45) is 5.70. The van der Waals surface area contributed by atoms with E-state index in [1.807, 2.05) is 12.1 Å². The Morgan fingerprint density at radius 2 is 2.00 bits per heavy atom. The molecule has 6 heteroatoms. The van der Waals surface area contributed by atoms with Crippen LogP contribution in [0.3, 0.4) is 0 Å². The van der Waals surface area contributed by atoms with Crippen molar-refractivity contribution in [2.24, 2.45) is 5.92 Å². The molecule has 128 valence electrons. The van der Waals surface area contributed by atoms with E-state index in [0.717, 1.165) is 18.4 Å². The van der Waals surface area contributed by atoms with E-state index in [1.165, 1.54) is 29.6 Å². The molecule has 0 spiro atoms. The molecule has 0 bridgehead atoms. The number of aryl methyl sites for hydroxylation is 1. The quantitative estimate of drug-likeness (QED) is 0.916. The van der Waals surface area contributed by atoms with E-state index in [2.05, 4.69) is 46.7 Å². The SMILES string of the molecule is CCc1ccc(-c2nnn(CC(=O)N[C@@H]3CCCC[C@H]3C)n2)cc1. The monoisotopic (exact) mass is 327 g/mol. The van der Waals surface area contributed by atoms with Crippen molar-refractivity contribution in [1.82, 2.24) is 25.5 Å². The highest BCUT2D eigenvalue weighted by molar-refractivity contribution is 5.75. The number of benzene rings is 1. The minimum Gasteiger partial charge on any atom is -0.351 e. The molecule has 2 aromatic rings. The van der Waals surface area contributed by atoms with E-state index >= 15 is 0 Å². The zero-order valence-electron chi connectivity index (χ0n) is 14.4. The predicted molar refractivity (Wildman–Crippen MR) is 92.2 cm³/mol. The Balaban J connectivity index is 1.59. The van der Waals surface area contributed by atoms with Crippen molar-refractivity contribution < 1.29 is 4.79 Å². The Bertz CT molecular complexity index is 679. The largest absolute Gasteiger partial charge is 0.351 e. The van der Waals surface area contributed by atoms with Crippen LogP contribution in [0.1, 0.15) is 45.1 Å². The number of nitrogens with one attached hydrogen (secondary N) is 1. The first-order valence-corrected chi connectivity index (χ1v) is 8.82. The molecule has 1 aromatic carbocycles. The molecule has 0 radical (unpaired) electrons. The van der Waals surface area contributed by atoms with Crippen LogP contribution in [-0.2, 0) is 17.8 Å². The maximum Gasteiger partial charge on any atom is 0.243 e. The van der Waals surface area contributed by atoms with E-state index < -0.39 is 0 Å². The van der Waals surface area contributed by atoms with Crippen molar-refractivity contribution in [3.63, 3.8) is 0 Å². The predicted octanol–water partition coefficient (Wildman–Crippen LogP) is 2.60. The van der Waals surface area contributed by atoms with Crippen molar-refractivity contribution in [1.29, 1.82) is 0 Å². The molecule has 1 aliphatic rings. The first-order chi connectivity index (χ1) is 11.7. The Kier molecular flexibility index (Phi) is 5.23. The summed E-state index contributed by atoms with van der Waals surface area (Å²) in [5.74, 6) is 1.05. The van der Waals surface area contributed by atoms with Gasteiger partial charge in [-0.15, -0.1) is 10.2 Å². The van der Waals surface area contributed by atoms with Crippen molar-refractivity contribution in [2.45, 2.75) is 58.5 Å². The molecule has 3 rings (SSSR count). The first kappa shape index (κ1) is 16.6. The summed E-state index contributed by atoms with van der Waals surface area (Å²) in [5.41, 5.74) is 2.19. The van der Waals surface area contributed by atoms with Gasteiger partial charge in [0.1, 0.15) is 6.54 Å². The van der Waals surface area contributed by atoms with Gasteiger partial charge in [0.2, 0.25) is 11.7 Å². The standard InChI is InChI=1S/C18H25N5O/c1-3-14-8-10-15(11-9-14)18-20-22-23(21-18)12-17(24)19-16-7-5-4-6-13(16)2/h8-11,13,16H,3-7,12H2,1-2H3,(H,19,24)/t13-,16-/m1/s1. The number of tetrazole rings is 1. The smallest absolute Gasteiger partial charge is 0.243 e. The van der Waals surface area contributed by atoms with Gasteiger partial charge >= 0.3 is 0 Å². The third-order valence-corrected chi connectivity index (χ3v) is 4.82. The van der Waals surface area contributed by atoms with Gasteiger partial charge in [0.05, 0.1) is 0 Å². The summed E-state index contributed by atoms with van der Waals surface area (Å²) in [6.45, 7) is 4.44. The van der Waals surface area contributed by atoms with Crippen LogP contribution < -0.4 is 5.32 Å². The Morgan fingerprint density at radius 3 is 2.71 bits per heavy atom. The fraction of sp³-hybridized carbons (Fsp3) is 0.556. The molecule has 1 fully saturated rings. The molecule has 1 N–H and O–H groups in total. The van der Waals surface area contributed by atoms with E-state index in [-0.39, 0.29) is 18.5 Å². The molecular weight excluding hydrogens is 302 g/mol. The number of amides is 1. The lowest BCUT2D eigenvalue weighted by Gasteiger charge is -2.29. The summed E-state index contributed by atoms with van der Waals surface area (Å²) >= 11 is 0. The minimum atomic E-state index is -0.0426. The lowest BCUT2D eigenvalue weighted by molar-refractivity contribution is -0.123. The molecule has 0 aliphatic heterocycles. The third kappa shape index (κ3) is 3.99. The van der Waals surface area contributed by atoms with Gasteiger partial charge in [0, 0.05) is 11.6 Å². The van der Waals surface area contributed by atoms with Gasteiger partial charge in [0.25, 0.3) is 0 Å². The Labute approximate surface area is 142 Å². The normalized spacial score (nSPS) is 20.8. The number of rotatable bonds is 5. The zero-order valence-corrected chi connectivity index (χ0v) is 14.4. The lowest BCUT2D eigenvalue weighted by Crippen LogP contribution is -2.42. The highest BCUT2D eigenvalue weighted by Gasteiger charge is 2.23. The van der Waals surface area contributed by atoms with Gasteiger partial charge < -0.3 is 5.32 Å². The minimum absolute atomic E-state index is 0.0426. The van der Waals surface area contributed by atoms with Crippen LogP contribution in [0.5, 0.6) is 0 Å². The van der Waals surface area contributed by atoms with Crippen LogP contribution in [0.4, 0.5) is 0 Å². The highest BCUT2D eigenvalue weighted by Crippen LogP contribution is 2.23. The third-order valence-electron chi connectivity index (χ3n) is 4.82. The van der Waals surface area contributed by atoms with Crippen LogP contribution in [-0.4, -0.2) is 32.2 Å². The molecule has 1 heterocycles. The molecule has 1 aromatic heterocycles. The van der Waals surface area contributed by atoms with E-state index in [1.54, 1.807) is 0 Å². The van der Waals surface area contributed by atoms with Gasteiger partial charge in [-0.3, -0.25) is 4.79 Å². The molecule has 0 saturated heterocycles. The van der Waals surface area contributed by atoms with E-state index in [9.17, 15) is 4.79 Å². The second kappa shape index (κ2) is 7.55. The first-order valence-electron chi connectivity index (χ1n) is 8.82. The fourth-order valence-electron chi connectivity index (χ4n) is 3.23. The maximum absolute atomic E-state index is 12.2. The van der Waals surface area contributed by atoms with Crippen molar-refractivity contribution in [2.75, 3.05) is 0 Å². The number of nitrogens with zero attached hydrogens (tertiary/aromatic N) is 4. The highest BCUT2D eigenvalue weighted by atomic mass is 16.2. The summed E-state index contributed by atoms with van der Waals surface area (Å²) in [7, 11) is 0. The van der Waals surface area contributed by atoms with Gasteiger partial charge in [-0.25, -0.2) is 0 Å². The molecule has 0 unspecified atom stereocenters. The van der Waals surface area contributed by atoms with E-state index in [4.69, 9.17) is 0 Å². The van der Waals surface area contributed by atoms with Crippen LogP contribution in [0.2, 0.25) is 0 Å². The zero-order chi connectivity index (χ0) is 16.9. The molecule has 1 amide bonds. The molecule has 6 nitrogen and oxygen atoms in total. The summed E-state index contributed by atoms with van der Waals surface area (Å²) in [6, 6.07) is 8.38.